The van der Waals surface area contributed by atoms with Crippen molar-refractivity contribution in [1.82, 2.24) is 9.97 Å². The summed E-state index contributed by atoms with van der Waals surface area (Å²) in [6, 6.07) is 8.02. The van der Waals surface area contributed by atoms with Gasteiger partial charge in [-0.25, -0.2) is 9.97 Å². The third kappa shape index (κ3) is 2.83. The second-order valence-corrected chi connectivity index (χ2v) is 6.31. The topological polar surface area (TPSA) is 58.6 Å². The summed E-state index contributed by atoms with van der Waals surface area (Å²) in [5.74, 6) is 0.570. The Bertz CT molecular complexity index is 753. The molecule has 2 aliphatic rings. The molecule has 0 radical (unpaired) electrons. The van der Waals surface area contributed by atoms with Crippen LogP contribution in [-0.2, 0) is 16.0 Å². The molecule has 0 bridgehead atoms. The van der Waals surface area contributed by atoms with E-state index >= 15 is 0 Å². The van der Waals surface area contributed by atoms with Gasteiger partial charge >= 0.3 is 0 Å². The molecule has 2 aromatic rings. The smallest absolute Gasteiger partial charge is 0.257 e. The molecule has 1 amide bonds. The van der Waals surface area contributed by atoms with E-state index in [4.69, 9.17) is 16.3 Å². The van der Waals surface area contributed by atoms with Crippen molar-refractivity contribution >= 4 is 29.1 Å². The van der Waals surface area contributed by atoms with Crippen molar-refractivity contribution in [1.29, 1.82) is 0 Å². The first-order valence-electron chi connectivity index (χ1n) is 7.96. The highest BCUT2D eigenvalue weighted by Crippen LogP contribution is 2.29. The number of fused-ring (bicyclic) bond motifs is 1. The molecule has 1 saturated heterocycles. The molecule has 0 saturated carbocycles. The molecule has 3 heterocycles. The minimum atomic E-state index is -0.510. The van der Waals surface area contributed by atoms with E-state index in [-0.39, 0.29) is 5.91 Å². The van der Waals surface area contributed by atoms with Gasteiger partial charge in [-0.3, -0.25) is 4.79 Å². The molecule has 4 rings (SSSR count). The molecular formula is C17H17ClN4O2. The molecule has 7 heteroatoms. The fraction of sp³-hybridized carbons (Fsp3) is 0.353. The molecule has 2 aliphatic heterocycles. The zero-order chi connectivity index (χ0) is 16.5. The van der Waals surface area contributed by atoms with Gasteiger partial charge in [0.05, 0.1) is 30.6 Å². The lowest BCUT2D eigenvalue weighted by Gasteiger charge is -2.34. The van der Waals surface area contributed by atoms with Crippen LogP contribution in [0, 0.1) is 0 Å². The molecule has 1 atom stereocenters. The fourth-order valence-electron chi connectivity index (χ4n) is 3.19. The van der Waals surface area contributed by atoms with Gasteiger partial charge in [0.15, 0.2) is 6.10 Å². The number of ether oxygens (including phenoxy) is 1. The summed E-state index contributed by atoms with van der Waals surface area (Å²) in [6.45, 7) is 2.27. The zero-order valence-corrected chi connectivity index (χ0v) is 13.8. The van der Waals surface area contributed by atoms with Crippen LogP contribution in [0.1, 0.15) is 5.56 Å². The lowest BCUT2D eigenvalue weighted by Crippen LogP contribution is -2.51. The van der Waals surface area contributed by atoms with Crippen molar-refractivity contribution in [3.05, 3.63) is 47.2 Å². The number of hydrogen-bond donors (Lipinski definition) is 0. The van der Waals surface area contributed by atoms with Gasteiger partial charge in [0, 0.05) is 18.8 Å². The van der Waals surface area contributed by atoms with Gasteiger partial charge in [-0.05, 0) is 18.1 Å². The Morgan fingerprint density at radius 1 is 1.21 bits per heavy atom. The van der Waals surface area contributed by atoms with Crippen molar-refractivity contribution in [2.75, 3.05) is 36.0 Å². The van der Waals surface area contributed by atoms with Crippen LogP contribution in [0.15, 0.2) is 36.7 Å². The first-order chi connectivity index (χ1) is 11.7. The van der Waals surface area contributed by atoms with E-state index in [1.165, 1.54) is 5.56 Å². The van der Waals surface area contributed by atoms with Crippen LogP contribution in [0.4, 0.5) is 11.6 Å². The van der Waals surface area contributed by atoms with E-state index in [9.17, 15) is 4.79 Å². The fourth-order valence-corrected chi connectivity index (χ4v) is 3.29. The van der Waals surface area contributed by atoms with Crippen LogP contribution in [0.5, 0.6) is 0 Å². The Balaban J connectivity index is 1.50. The molecule has 0 spiro atoms. The van der Waals surface area contributed by atoms with Crippen LogP contribution in [0.3, 0.4) is 0 Å². The number of benzene rings is 1. The number of rotatable bonds is 2. The predicted molar refractivity (Wildman–Crippen MR) is 91.5 cm³/mol. The summed E-state index contributed by atoms with van der Waals surface area (Å²) < 4.78 is 5.73. The van der Waals surface area contributed by atoms with Crippen LogP contribution >= 0.6 is 11.6 Å². The van der Waals surface area contributed by atoms with E-state index in [2.05, 4.69) is 16.0 Å². The van der Waals surface area contributed by atoms with Crippen molar-refractivity contribution in [3.63, 3.8) is 0 Å². The lowest BCUT2D eigenvalue weighted by molar-refractivity contribution is -0.130. The summed E-state index contributed by atoms with van der Waals surface area (Å²) >= 11 is 5.83. The molecule has 24 heavy (non-hydrogen) atoms. The number of hydrogen-bond acceptors (Lipinski definition) is 5. The van der Waals surface area contributed by atoms with Gasteiger partial charge in [-0.15, -0.1) is 0 Å². The summed E-state index contributed by atoms with van der Waals surface area (Å²) in [7, 11) is 0. The standard InChI is InChI=1S/C17H17ClN4O2/c18-13-9-19-17(20-10-13)21-7-8-24-15(11-21)16(23)22-6-5-12-3-1-2-4-14(12)22/h1-4,9-10,15H,5-8,11H2. The maximum absolute atomic E-state index is 12.9. The summed E-state index contributed by atoms with van der Waals surface area (Å²) in [4.78, 5) is 25.2. The average Bonchev–Trinajstić information content (AvgIpc) is 3.06. The Kier molecular flexibility index (Phi) is 4.08. The maximum atomic E-state index is 12.9. The quantitative estimate of drug-likeness (QED) is 0.833. The average molecular weight is 345 g/mol. The van der Waals surface area contributed by atoms with Crippen molar-refractivity contribution < 1.29 is 9.53 Å². The third-order valence-corrected chi connectivity index (χ3v) is 4.58. The molecule has 1 unspecified atom stereocenters. The van der Waals surface area contributed by atoms with Crippen molar-refractivity contribution in [3.8, 4) is 0 Å². The van der Waals surface area contributed by atoms with Crippen LogP contribution in [0.25, 0.3) is 0 Å². The SMILES string of the molecule is O=C(C1CN(c2ncc(Cl)cn2)CCO1)N1CCc2ccccc21. The molecular weight excluding hydrogens is 328 g/mol. The molecule has 1 aromatic carbocycles. The minimum Gasteiger partial charge on any atom is -0.365 e. The Morgan fingerprint density at radius 2 is 2.00 bits per heavy atom. The number of para-hydroxylation sites is 1. The normalized spacial score (nSPS) is 20.1. The van der Waals surface area contributed by atoms with Gasteiger partial charge in [0.25, 0.3) is 5.91 Å². The number of carbonyl (C=O) groups excluding carboxylic acids is 1. The van der Waals surface area contributed by atoms with Crippen LogP contribution < -0.4 is 9.80 Å². The molecule has 1 fully saturated rings. The van der Waals surface area contributed by atoms with Crippen LogP contribution in [-0.4, -0.2) is 48.2 Å². The third-order valence-electron chi connectivity index (χ3n) is 4.38. The van der Waals surface area contributed by atoms with Gasteiger partial charge in [-0.2, -0.15) is 0 Å². The number of carbonyl (C=O) groups is 1. The van der Waals surface area contributed by atoms with Gasteiger partial charge in [0.2, 0.25) is 5.95 Å². The lowest BCUT2D eigenvalue weighted by atomic mass is 10.2. The largest absolute Gasteiger partial charge is 0.365 e. The number of halogens is 1. The van der Waals surface area contributed by atoms with Crippen molar-refractivity contribution in [2.24, 2.45) is 0 Å². The maximum Gasteiger partial charge on any atom is 0.257 e. The number of nitrogens with zero attached hydrogens (tertiary/aromatic N) is 4. The first kappa shape index (κ1) is 15.4. The van der Waals surface area contributed by atoms with Gasteiger partial charge in [-0.1, -0.05) is 29.8 Å². The van der Waals surface area contributed by atoms with E-state index in [1.807, 2.05) is 28.0 Å². The Hall–Kier alpha value is -2.18. The monoisotopic (exact) mass is 344 g/mol. The number of aromatic nitrogens is 2. The molecule has 124 valence electrons. The molecule has 6 nitrogen and oxygen atoms in total. The zero-order valence-electron chi connectivity index (χ0n) is 13.1. The highest BCUT2D eigenvalue weighted by atomic mass is 35.5. The Labute approximate surface area is 145 Å². The Morgan fingerprint density at radius 3 is 2.83 bits per heavy atom. The van der Waals surface area contributed by atoms with Crippen molar-refractivity contribution in [2.45, 2.75) is 12.5 Å². The highest BCUT2D eigenvalue weighted by Gasteiger charge is 2.34. The molecule has 0 aliphatic carbocycles. The predicted octanol–water partition coefficient (Wildman–Crippen LogP) is 1.92. The summed E-state index contributed by atoms with van der Waals surface area (Å²) in [5, 5.41) is 0.494. The highest BCUT2D eigenvalue weighted by molar-refractivity contribution is 6.30. The minimum absolute atomic E-state index is 0.00128. The van der Waals surface area contributed by atoms with Crippen LogP contribution in [0.2, 0.25) is 5.02 Å². The second-order valence-electron chi connectivity index (χ2n) is 5.88. The second kappa shape index (κ2) is 6.37. The summed E-state index contributed by atoms with van der Waals surface area (Å²) in [5.41, 5.74) is 2.20. The van der Waals surface area contributed by atoms with E-state index in [1.54, 1.807) is 12.4 Å². The molecule has 0 N–H and O–H groups in total. The summed E-state index contributed by atoms with van der Waals surface area (Å²) in [6.07, 6.45) is 3.50. The van der Waals surface area contributed by atoms with E-state index < -0.39 is 6.10 Å². The number of morpholine rings is 1. The first-order valence-corrected chi connectivity index (χ1v) is 8.33. The van der Waals surface area contributed by atoms with E-state index in [0.29, 0.717) is 37.2 Å². The van der Waals surface area contributed by atoms with E-state index in [0.717, 1.165) is 12.1 Å². The van der Waals surface area contributed by atoms with Gasteiger partial charge in [0.1, 0.15) is 0 Å². The van der Waals surface area contributed by atoms with Gasteiger partial charge < -0.3 is 14.5 Å². The number of amides is 1. The number of anilines is 2. The molecule has 1 aromatic heterocycles.